The molecule has 1 heterocycles. The third-order valence-electron chi connectivity index (χ3n) is 3.57. The second-order valence-corrected chi connectivity index (χ2v) is 4.33. The molecule has 2 heteroatoms. The van der Waals surface area contributed by atoms with E-state index in [1.165, 1.54) is 12.8 Å². The molecule has 1 rings (SSSR count). The average molecular weight is 195 g/mol. The summed E-state index contributed by atoms with van der Waals surface area (Å²) in [6, 6.07) is 0. The number of aliphatic hydroxyl groups excluding tert-OH is 1. The zero-order valence-electron chi connectivity index (χ0n) is 9.29. The lowest BCUT2D eigenvalue weighted by Gasteiger charge is -2.41. The number of rotatable bonds is 4. The quantitative estimate of drug-likeness (QED) is 0.689. The van der Waals surface area contributed by atoms with Gasteiger partial charge in [-0.15, -0.1) is 12.3 Å². The van der Waals surface area contributed by atoms with Gasteiger partial charge in [0.25, 0.3) is 0 Å². The Bertz CT molecular complexity index is 215. The molecule has 2 unspecified atom stereocenters. The molecule has 0 aromatic heterocycles. The minimum atomic E-state index is -0.393. The van der Waals surface area contributed by atoms with Gasteiger partial charge in [0.05, 0.1) is 6.10 Å². The van der Waals surface area contributed by atoms with Gasteiger partial charge in [-0.1, -0.05) is 6.92 Å². The molecule has 1 fully saturated rings. The number of hydrogen-bond donors (Lipinski definition) is 1. The Hall–Kier alpha value is -0.520. The van der Waals surface area contributed by atoms with E-state index in [1.807, 2.05) is 0 Å². The third-order valence-corrected chi connectivity index (χ3v) is 3.57. The smallest absolute Gasteiger partial charge is 0.0829 e. The predicted molar refractivity (Wildman–Crippen MR) is 59.0 cm³/mol. The topological polar surface area (TPSA) is 23.5 Å². The number of likely N-dealkylation sites (tertiary alicyclic amines) is 1. The van der Waals surface area contributed by atoms with Crippen molar-refractivity contribution in [2.75, 3.05) is 13.1 Å². The molecule has 0 aromatic rings. The molecule has 0 saturated carbocycles. The summed E-state index contributed by atoms with van der Waals surface area (Å²) in [5, 5.41) is 10.0. The van der Waals surface area contributed by atoms with Crippen molar-refractivity contribution >= 4 is 0 Å². The van der Waals surface area contributed by atoms with Crippen molar-refractivity contribution in [3.63, 3.8) is 0 Å². The Morgan fingerprint density at radius 1 is 1.50 bits per heavy atom. The summed E-state index contributed by atoms with van der Waals surface area (Å²) in [6.07, 6.45) is 8.77. The fraction of sp³-hybridized carbons (Fsp3) is 0.833. The van der Waals surface area contributed by atoms with Gasteiger partial charge in [-0.05, 0) is 39.3 Å². The van der Waals surface area contributed by atoms with Crippen molar-refractivity contribution in [2.24, 2.45) is 0 Å². The van der Waals surface area contributed by atoms with Crippen LogP contribution in [-0.4, -0.2) is 34.7 Å². The maximum Gasteiger partial charge on any atom is 0.0829 e. The predicted octanol–water partition coefficient (Wildman–Crippen LogP) is 1.64. The van der Waals surface area contributed by atoms with Gasteiger partial charge < -0.3 is 5.11 Å². The molecule has 80 valence electrons. The second kappa shape index (κ2) is 4.82. The summed E-state index contributed by atoms with van der Waals surface area (Å²) >= 11 is 0. The summed E-state index contributed by atoms with van der Waals surface area (Å²) in [5.74, 6) is 2.55. The van der Waals surface area contributed by atoms with E-state index in [9.17, 15) is 5.11 Å². The van der Waals surface area contributed by atoms with Gasteiger partial charge in [0.1, 0.15) is 0 Å². The number of aliphatic hydroxyl groups is 1. The highest BCUT2D eigenvalue weighted by atomic mass is 16.3. The molecule has 2 atom stereocenters. The lowest BCUT2D eigenvalue weighted by Crippen LogP contribution is -2.52. The highest BCUT2D eigenvalue weighted by Gasteiger charge is 2.37. The van der Waals surface area contributed by atoms with E-state index in [0.29, 0.717) is 6.42 Å². The van der Waals surface area contributed by atoms with Crippen LogP contribution in [0.3, 0.4) is 0 Å². The van der Waals surface area contributed by atoms with E-state index in [-0.39, 0.29) is 5.54 Å². The fourth-order valence-corrected chi connectivity index (χ4v) is 2.23. The van der Waals surface area contributed by atoms with Gasteiger partial charge in [0.15, 0.2) is 0 Å². The number of hydrogen-bond acceptors (Lipinski definition) is 2. The van der Waals surface area contributed by atoms with Gasteiger partial charge in [0, 0.05) is 12.0 Å². The van der Waals surface area contributed by atoms with Crippen LogP contribution in [-0.2, 0) is 0 Å². The maximum absolute atomic E-state index is 10.0. The zero-order chi connectivity index (χ0) is 10.6. The van der Waals surface area contributed by atoms with Gasteiger partial charge in [-0.2, -0.15) is 0 Å². The highest BCUT2D eigenvalue weighted by Crippen LogP contribution is 2.29. The molecular weight excluding hydrogens is 174 g/mol. The van der Waals surface area contributed by atoms with Crippen LogP contribution >= 0.6 is 0 Å². The van der Waals surface area contributed by atoms with Gasteiger partial charge >= 0.3 is 0 Å². The molecular formula is C12H21NO. The Labute approximate surface area is 87.3 Å². The minimum Gasteiger partial charge on any atom is -0.390 e. The molecule has 1 saturated heterocycles. The van der Waals surface area contributed by atoms with E-state index in [0.717, 1.165) is 19.5 Å². The van der Waals surface area contributed by atoms with E-state index >= 15 is 0 Å². The molecule has 0 bridgehead atoms. The molecule has 1 aliphatic rings. The van der Waals surface area contributed by atoms with E-state index < -0.39 is 6.10 Å². The van der Waals surface area contributed by atoms with Gasteiger partial charge in [0.2, 0.25) is 0 Å². The van der Waals surface area contributed by atoms with Gasteiger partial charge in [-0.3, -0.25) is 4.90 Å². The van der Waals surface area contributed by atoms with Crippen LogP contribution in [0.1, 0.15) is 39.5 Å². The molecule has 14 heavy (non-hydrogen) atoms. The molecule has 0 amide bonds. The first-order valence-corrected chi connectivity index (χ1v) is 5.51. The lowest BCUT2D eigenvalue weighted by molar-refractivity contribution is -0.00903. The molecule has 1 N–H and O–H groups in total. The third kappa shape index (κ3) is 2.10. The van der Waals surface area contributed by atoms with E-state index in [1.54, 1.807) is 0 Å². The van der Waals surface area contributed by atoms with Crippen LogP contribution in [0.5, 0.6) is 0 Å². The summed E-state index contributed by atoms with van der Waals surface area (Å²) in [5.41, 5.74) is -0.122. The Morgan fingerprint density at radius 3 is 2.50 bits per heavy atom. The van der Waals surface area contributed by atoms with E-state index in [4.69, 9.17) is 6.42 Å². The first-order valence-electron chi connectivity index (χ1n) is 5.51. The molecule has 0 aromatic carbocycles. The Balaban J connectivity index is 2.68. The SMILES string of the molecule is C#CCC(O)C(C)(CC)N1CCCC1. The normalized spacial score (nSPS) is 24.1. The standard InChI is InChI=1S/C12H21NO/c1-4-8-11(14)12(3,5-2)13-9-6-7-10-13/h1,11,14H,5-10H2,2-3H3. The average Bonchev–Trinajstić information content (AvgIpc) is 2.70. The molecule has 0 aliphatic carbocycles. The summed E-state index contributed by atoms with van der Waals surface area (Å²) < 4.78 is 0. The molecule has 2 nitrogen and oxygen atoms in total. The first kappa shape index (κ1) is 11.6. The highest BCUT2D eigenvalue weighted by molar-refractivity contribution is 4.99. The second-order valence-electron chi connectivity index (χ2n) is 4.33. The largest absolute Gasteiger partial charge is 0.390 e. The molecule has 0 spiro atoms. The summed E-state index contributed by atoms with van der Waals surface area (Å²) in [6.45, 7) is 6.45. The van der Waals surface area contributed by atoms with Gasteiger partial charge in [-0.25, -0.2) is 0 Å². The minimum absolute atomic E-state index is 0.122. The van der Waals surface area contributed by atoms with Crippen LogP contribution in [0.4, 0.5) is 0 Å². The Morgan fingerprint density at radius 2 is 2.07 bits per heavy atom. The van der Waals surface area contributed by atoms with Crippen LogP contribution < -0.4 is 0 Å². The van der Waals surface area contributed by atoms with Crippen molar-refractivity contribution in [3.8, 4) is 12.3 Å². The molecule has 0 radical (unpaired) electrons. The zero-order valence-corrected chi connectivity index (χ0v) is 9.29. The van der Waals surface area contributed by atoms with Crippen molar-refractivity contribution in [1.82, 2.24) is 4.90 Å². The van der Waals surface area contributed by atoms with Crippen molar-refractivity contribution in [3.05, 3.63) is 0 Å². The fourth-order valence-electron chi connectivity index (χ4n) is 2.23. The van der Waals surface area contributed by atoms with Crippen molar-refractivity contribution in [2.45, 2.75) is 51.2 Å². The summed E-state index contributed by atoms with van der Waals surface area (Å²) in [7, 11) is 0. The van der Waals surface area contributed by atoms with Crippen LogP contribution in [0.2, 0.25) is 0 Å². The number of terminal acetylenes is 1. The van der Waals surface area contributed by atoms with Crippen LogP contribution in [0, 0.1) is 12.3 Å². The monoisotopic (exact) mass is 195 g/mol. The van der Waals surface area contributed by atoms with Crippen molar-refractivity contribution in [1.29, 1.82) is 0 Å². The Kier molecular flexibility index (Phi) is 3.97. The maximum atomic E-state index is 10.0. The number of nitrogens with zero attached hydrogens (tertiary/aromatic N) is 1. The van der Waals surface area contributed by atoms with Crippen LogP contribution in [0.15, 0.2) is 0 Å². The first-order chi connectivity index (χ1) is 6.65. The van der Waals surface area contributed by atoms with Crippen molar-refractivity contribution < 1.29 is 5.11 Å². The molecule has 1 aliphatic heterocycles. The van der Waals surface area contributed by atoms with E-state index in [2.05, 4.69) is 24.7 Å². The van der Waals surface area contributed by atoms with Crippen LogP contribution in [0.25, 0.3) is 0 Å². The summed E-state index contributed by atoms with van der Waals surface area (Å²) in [4.78, 5) is 2.38. The lowest BCUT2D eigenvalue weighted by atomic mass is 9.88.